The lowest BCUT2D eigenvalue weighted by Crippen LogP contribution is -2.22. The van der Waals surface area contributed by atoms with Crippen LogP contribution in [0.15, 0.2) is 82.6 Å². The van der Waals surface area contributed by atoms with Crippen molar-refractivity contribution >= 4 is 39.1 Å². The lowest BCUT2D eigenvalue weighted by molar-refractivity contribution is -0.115. The standard InChI is InChI=1S/C23H24N2O5S2/c1-16(31-19-7-5-4-6-8-19)23(26)24-17-9-12-20(13-10-17)32(27,28)25-21-15-18(29-2)11-14-22(21)30-3/h4-16,25H,1-3H3,(H,24,26)/t16-/m0/s1. The SMILES string of the molecule is COc1ccc(OC)c(NS(=O)(=O)c2ccc(NC(=O)[C@H](C)Sc3ccccc3)cc2)c1. The van der Waals surface area contributed by atoms with Crippen LogP contribution in [0.3, 0.4) is 0 Å². The molecular weight excluding hydrogens is 448 g/mol. The van der Waals surface area contributed by atoms with Crippen LogP contribution in [0.1, 0.15) is 6.92 Å². The topological polar surface area (TPSA) is 93.7 Å². The number of carbonyl (C=O) groups excluding carboxylic acids is 1. The van der Waals surface area contributed by atoms with E-state index in [2.05, 4.69) is 10.0 Å². The molecule has 3 aromatic rings. The second-order valence-electron chi connectivity index (χ2n) is 6.76. The highest BCUT2D eigenvalue weighted by molar-refractivity contribution is 8.00. The number of hydrogen-bond donors (Lipinski definition) is 2. The summed E-state index contributed by atoms with van der Waals surface area (Å²) in [6, 6.07) is 20.4. The Kier molecular flexibility index (Phi) is 7.66. The minimum Gasteiger partial charge on any atom is -0.497 e. The van der Waals surface area contributed by atoms with Gasteiger partial charge in [-0.2, -0.15) is 0 Å². The van der Waals surface area contributed by atoms with E-state index in [-0.39, 0.29) is 21.7 Å². The van der Waals surface area contributed by atoms with E-state index in [1.165, 1.54) is 44.2 Å². The fourth-order valence-corrected chi connectivity index (χ4v) is 4.77. The zero-order valence-corrected chi connectivity index (χ0v) is 19.5. The Morgan fingerprint density at radius 2 is 1.62 bits per heavy atom. The van der Waals surface area contributed by atoms with Crippen molar-refractivity contribution in [3.05, 3.63) is 72.8 Å². The highest BCUT2D eigenvalue weighted by atomic mass is 32.2. The van der Waals surface area contributed by atoms with Crippen molar-refractivity contribution in [1.29, 1.82) is 0 Å². The molecule has 0 saturated carbocycles. The monoisotopic (exact) mass is 472 g/mol. The van der Waals surface area contributed by atoms with E-state index in [0.717, 1.165) is 4.90 Å². The first-order valence-corrected chi connectivity index (χ1v) is 12.1. The summed E-state index contributed by atoms with van der Waals surface area (Å²) < 4.78 is 38.5. The maximum Gasteiger partial charge on any atom is 0.262 e. The van der Waals surface area contributed by atoms with Gasteiger partial charge in [0.15, 0.2) is 0 Å². The molecule has 7 nitrogen and oxygen atoms in total. The van der Waals surface area contributed by atoms with E-state index >= 15 is 0 Å². The smallest absolute Gasteiger partial charge is 0.262 e. The van der Waals surface area contributed by atoms with Crippen molar-refractivity contribution in [3.8, 4) is 11.5 Å². The summed E-state index contributed by atoms with van der Waals surface area (Å²) in [5.41, 5.74) is 0.768. The van der Waals surface area contributed by atoms with Gasteiger partial charge in [-0.1, -0.05) is 18.2 Å². The van der Waals surface area contributed by atoms with E-state index in [1.54, 1.807) is 24.3 Å². The molecule has 1 atom stereocenters. The third-order valence-corrected chi connectivity index (χ3v) is 7.00. The van der Waals surface area contributed by atoms with Gasteiger partial charge < -0.3 is 14.8 Å². The third-order valence-electron chi connectivity index (χ3n) is 4.51. The molecule has 0 aromatic heterocycles. The molecular formula is C23H24N2O5S2. The number of methoxy groups -OCH3 is 2. The predicted octanol–water partition coefficient (Wildman–Crippen LogP) is 4.62. The largest absolute Gasteiger partial charge is 0.497 e. The Balaban J connectivity index is 1.68. The zero-order chi connectivity index (χ0) is 23.1. The minimum absolute atomic E-state index is 0.0482. The molecule has 0 aliphatic rings. The van der Waals surface area contributed by atoms with E-state index in [9.17, 15) is 13.2 Å². The van der Waals surface area contributed by atoms with Crippen molar-refractivity contribution in [3.63, 3.8) is 0 Å². The lowest BCUT2D eigenvalue weighted by Gasteiger charge is -2.14. The van der Waals surface area contributed by atoms with Gasteiger partial charge in [-0.05, 0) is 55.5 Å². The molecule has 3 aromatic carbocycles. The molecule has 32 heavy (non-hydrogen) atoms. The van der Waals surface area contributed by atoms with Crippen molar-refractivity contribution < 1.29 is 22.7 Å². The summed E-state index contributed by atoms with van der Waals surface area (Å²) in [6.07, 6.45) is 0. The van der Waals surface area contributed by atoms with Gasteiger partial charge in [0.25, 0.3) is 10.0 Å². The summed E-state index contributed by atoms with van der Waals surface area (Å²) in [6.45, 7) is 1.82. The Morgan fingerprint density at radius 3 is 2.25 bits per heavy atom. The van der Waals surface area contributed by atoms with Gasteiger partial charge in [0.1, 0.15) is 11.5 Å². The van der Waals surface area contributed by atoms with Crippen LogP contribution in [0, 0.1) is 0 Å². The number of nitrogens with one attached hydrogen (secondary N) is 2. The molecule has 0 bridgehead atoms. The Bertz CT molecular complexity index is 1170. The third kappa shape index (κ3) is 5.95. The van der Waals surface area contributed by atoms with Crippen molar-refractivity contribution in [2.75, 3.05) is 24.3 Å². The average molecular weight is 473 g/mol. The van der Waals surface area contributed by atoms with Gasteiger partial charge >= 0.3 is 0 Å². The van der Waals surface area contributed by atoms with Crippen LogP contribution in [0.4, 0.5) is 11.4 Å². The second-order valence-corrected chi connectivity index (χ2v) is 9.86. The van der Waals surface area contributed by atoms with E-state index in [4.69, 9.17) is 9.47 Å². The summed E-state index contributed by atoms with van der Waals surface area (Å²) in [5.74, 6) is 0.681. The molecule has 0 spiro atoms. The van der Waals surface area contributed by atoms with Crippen LogP contribution in [0.5, 0.6) is 11.5 Å². The average Bonchev–Trinajstić information content (AvgIpc) is 2.79. The van der Waals surface area contributed by atoms with Crippen molar-refractivity contribution in [2.45, 2.75) is 22.0 Å². The van der Waals surface area contributed by atoms with E-state index in [0.29, 0.717) is 17.2 Å². The molecule has 0 aliphatic carbocycles. The fraction of sp³-hybridized carbons (Fsp3) is 0.174. The molecule has 3 rings (SSSR count). The van der Waals surface area contributed by atoms with Gasteiger partial charge in [-0.15, -0.1) is 11.8 Å². The molecule has 0 radical (unpaired) electrons. The van der Waals surface area contributed by atoms with E-state index < -0.39 is 10.0 Å². The fourth-order valence-electron chi connectivity index (χ4n) is 2.82. The summed E-state index contributed by atoms with van der Waals surface area (Å²) >= 11 is 1.45. The number of sulfonamides is 1. The van der Waals surface area contributed by atoms with Gasteiger partial charge in [0, 0.05) is 16.6 Å². The van der Waals surface area contributed by atoms with Gasteiger partial charge in [0.05, 0.1) is 30.1 Å². The number of carbonyl (C=O) groups is 1. The molecule has 2 N–H and O–H groups in total. The number of anilines is 2. The number of ether oxygens (including phenoxy) is 2. The quantitative estimate of drug-likeness (QED) is 0.441. The number of rotatable bonds is 9. The van der Waals surface area contributed by atoms with Crippen molar-refractivity contribution in [1.82, 2.24) is 0 Å². The zero-order valence-electron chi connectivity index (χ0n) is 17.9. The number of hydrogen-bond acceptors (Lipinski definition) is 6. The molecule has 0 saturated heterocycles. The summed E-state index contributed by atoms with van der Waals surface area (Å²) in [5, 5.41) is 2.50. The number of thioether (sulfide) groups is 1. The van der Waals surface area contributed by atoms with Crippen molar-refractivity contribution in [2.24, 2.45) is 0 Å². The molecule has 0 fully saturated rings. The second kappa shape index (κ2) is 10.4. The summed E-state index contributed by atoms with van der Waals surface area (Å²) in [7, 11) is -0.931. The van der Waals surface area contributed by atoms with Crippen LogP contribution < -0.4 is 19.5 Å². The predicted molar refractivity (Wildman–Crippen MR) is 127 cm³/mol. The Morgan fingerprint density at radius 1 is 0.938 bits per heavy atom. The number of amides is 1. The maximum atomic E-state index is 12.8. The summed E-state index contributed by atoms with van der Waals surface area (Å²) in [4.78, 5) is 13.5. The Labute approximate surface area is 192 Å². The lowest BCUT2D eigenvalue weighted by atomic mass is 10.3. The molecule has 0 unspecified atom stereocenters. The molecule has 1 amide bonds. The van der Waals surface area contributed by atoms with Crippen LogP contribution in [0.2, 0.25) is 0 Å². The highest BCUT2D eigenvalue weighted by Crippen LogP contribution is 2.31. The van der Waals surface area contributed by atoms with Gasteiger partial charge in [-0.3, -0.25) is 9.52 Å². The van der Waals surface area contributed by atoms with Gasteiger partial charge in [-0.25, -0.2) is 8.42 Å². The molecule has 9 heteroatoms. The normalized spacial score (nSPS) is 12.0. The number of benzene rings is 3. The Hall–Kier alpha value is -3.17. The molecule has 0 heterocycles. The first-order valence-electron chi connectivity index (χ1n) is 9.70. The molecule has 0 aliphatic heterocycles. The first-order chi connectivity index (χ1) is 15.3. The van der Waals surface area contributed by atoms with Crippen LogP contribution in [0.25, 0.3) is 0 Å². The van der Waals surface area contributed by atoms with Crippen LogP contribution >= 0.6 is 11.8 Å². The van der Waals surface area contributed by atoms with Crippen LogP contribution in [-0.2, 0) is 14.8 Å². The minimum atomic E-state index is -3.88. The van der Waals surface area contributed by atoms with Crippen LogP contribution in [-0.4, -0.2) is 33.8 Å². The maximum absolute atomic E-state index is 12.8. The molecule has 168 valence electrons. The van der Waals surface area contributed by atoms with E-state index in [1.807, 2.05) is 37.3 Å². The highest BCUT2D eigenvalue weighted by Gasteiger charge is 2.18. The van der Waals surface area contributed by atoms with Gasteiger partial charge in [0.2, 0.25) is 5.91 Å². The first kappa shape index (κ1) is 23.5.